The summed E-state index contributed by atoms with van der Waals surface area (Å²) in [5.41, 5.74) is -0.0982. The van der Waals surface area contributed by atoms with Gasteiger partial charge in [0.05, 0.1) is 23.0 Å². The van der Waals surface area contributed by atoms with Gasteiger partial charge in [0.15, 0.2) is 0 Å². The van der Waals surface area contributed by atoms with Gasteiger partial charge < -0.3 is 14.8 Å². The van der Waals surface area contributed by atoms with E-state index in [0.717, 1.165) is 12.1 Å². The van der Waals surface area contributed by atoms with Crippen molar-refractivity contribution in [2.24, 2.45) is 0 Å². The zero-order chi connectivity index (χ0) is 14.0. The molecule has 2 aromatic rings. The van der Waals surface area contributed by atoms with Crippen molar-refractivity contribution in [2.45, 2.75) is 6.54 Å². The Labute approximate surface area is 115 Å². The number of hydrogen-bond donors (Lipinski definition) is 2. The average Bonchev–Trinajstić information content (AvgIpc) is 2.80. The third-order valence-electron chi connectivity index (χ3n) is 2.43. The summed E-state index contributed by atoms with van der Waals surface area (Å²) in [7, 11) is 0. The lowest BCUT2D eigenvalue weighted by Crippen LogP contribution is -2.06. The SMILES string of the molecule is O=C(O)c1ccoc1CNc1cc(F)c(Br)cc1F. The first-order valence-corrected chi connectivity index (χ1v) is 5.96. The molecule has 0 unspecified atom stereocenters. The molecule has 100 valence electrons. The highest BCUT2D eigenvalue weighted by atomic mass is 79.9. The molecule has 2 rings (SSSR count). The van der Waals surface area contributed by atoms with Crippen LogP contribution in [0.25, 0.3) is 0 Å². The van der Waals surface area contributed by atoms with E-state index >= 15 is 0 Å². The topological polar surface area (TPSA) is 62.5 Å². The van der Waals surface area contributed by atoms with Crippen LogP contribution in [0.3, 0.4) is 0 Å². The molecule has 4 nitrogen and oxygen atoms in total. The van der Waals surface area contributed by atoms with Crippen LogP contribution in [0.4, 0.5) is 14.5 Å². The number of nitrogens with one attached hydrogen (secondary N) is 1. The number of carboxylic acids is 1. The van der Waals surface area contributed by atoms with Crippen molar-refractivity contribution in [3.05, 3.63) is 51.9 Å². The molecule has 19 heavy (non-hydrogen) atoms. The van der Waals surface area contributed by atoms with Gasteiger partial charge in [0.1, 0.15) is 23.0 Å². The smallest absolute Gasteiger partial charge is 0.339 e. The molecule has 1 aromatic carbocycles. The van der Waals surface area contributed by atoms with Crippen molar-refractivity contribution in [3.8, 4) is 0 Å². The van der Waals surface area contributed by atoms with Crippen LogP contribution in [0.5, 0.6) is 0 Å². The van der Waals surface area contributed by atoms with E-state index in [2.05, 4.69) is 21.2 Å². The molecule has 0 bridgehead atoms. The summed E-state index contributed by atoms with van der Waals surface area (Å²) in [6, 6.07) is 3.25. The quantitative estimate of drug-likeness (QED) is 0.840. The number of anilines is 1. The van der Waals surface area contributed by atoms with Crippen LogP contribution in [-0.2, 0) is 6.54 Å². The fourth-order valence-corrected chi connectivity index (χ4v) is 1.82. The molecule has 7 heteroatoms. The van der Waals surface area contributed by atoms with Crippen LogP contribution < -0.4 is 5.32 Å². The van der Waals surface area contributed by atoms with E-state index in [-0.39, 0.29) is 28.0 Å². The Morgan fingerprint density at radius 3 is 2.79 bits per heavy atom. The second-order valence-corrected chi connectivity index (χ2v) is 4.52. The maximum atomic E-state index is 13.5. The van der Waals surface area contributed by atoms with Gasteiger partial charge in [-0.1, -0.05) is 0 Å². The molecule has 0 amide bonds. The lowest BCUT2D eigenvalue weighted by atomic mass is 10.2. The second-order valence-electron chi connectivity index (χ2n) is 3.66. The Morgan fingerprint density at radius 1 is 1.37 bits per heavy atom. The molecule has 0 aliphatic rings. The second kappa shape index (κ2) is 5.40. The van der Waals surface area contributed by atoms with Crippen LogP contribution in [0.15, 0.2) is 33.4 Å². The molecule has 2 N–H and O–H groups in total. The minimum absolute atomic E-state index is 0.0137. The standard InChI is InChI=1S/C12H8BrF2NO3/c13-7-3-9(15)10(4-8(7)14)16-5-11-6(12(17)18)1-2-19-11/h1-4,16H,5H2,(H,17,18). The van der Waals surface area contributed by atoms with Gasteiger partial charge in [-0.05, 0) is 28.1 Å². The van der Waals surface area contributed by atoms with Gasteiger partial charge in [-0.25, -0.2) is 13.6 Å². The van der Waals surface area contributed by atoms with Gasteiger partial charge in [0, 0.05) is 6.07 Å². The maximum absolute atomic E-state index is 13.5. The number of halogens is 3. The zero-order valence-electron chi connectivity index (χ0n) is 9.41. The van der Waals surface area contributed by atoms with Crippen LogP contribution in [0, 0.1) is 11.6 Å². The first-order valence-electron chi connectivity index (χ1n) is 5.17. The Morgan fingerprint density at radius 2 is 2.11 bits per heavy atom. The molecule has 0 spiro atoms. The van der Waals surface area contributed by atoms with E-state index in [0.29, 0.717) is 0 Å². The monoisotopic (exact) mass is 331 g/mol. The Kier molecular flexibility index (Phi) is 3.84. The molecule has 0 radical (unpaired) electrons. The summed E-state index contributed by atoms with van der Waals surface area (Å²) in [5.74, 6) is -2.29. The number of hydrogen-bond acceptors (Lipinski definition) is 3. The first-order chi connectivity index (χ1) is 8.99. The van der Waals surface area contributed by atoms with Gasteiger partial charge in [0.2, 0.25) is 0 Å². The maximum Gasteiger partial charge on any atom is 0.339 e. The van der Waals surface area contributed by atoms with E-state index in [4.69, 9.17) is 9.52 Å². The molecule has 0 aliphatic carbocycles. The summed E-state index contributed by atoms with van der Waals surface area (Å²) in [6.07, 6.45) is 1.22. The van der Waals surface area contributed by atoms with E-state index in [9.17, 15) is 13.6 Å². The van der Waals surface area contributed by atoms with Crippen LogP contribution in [0.2, 0.25) is 0 Å². The van der Waals surface area contributed by atoms with Crippen LogP contribution >= 0.6 is 15.9 Å². The van der Waals surface area contributed by atoms with E-state index in [1.165, 1.54) is 12.3 Å². The first kappa shape index (κ1) is 13.5. The van der Waals surface area contributed by atoms with Crippen LogP contribution in [0.1, 0.15) is 16.1 Å². The van der Waals surface area contributed by atoms with Crippen molar-refractivity contribution < 1.29 is 23.1 Å². The Bertz CT molecular complexity index is 627. The average molecular weight is 332 g/mol. The molecular formula is C12H8BrF2NO3. The third-order valence-corrected chi connectivity index (χ3v) is 3.03. The summed E-state index contributed by atoms with van der Waals surface area (Å²) in [6.45, 7) is -0.0629. The summed E-state index contributed by atoms with van der Waals surface area (Å²) in [4.78, 5) is 10.8. The normalized spacial score (nSPS) is 10.5. The largest absolute Gasteiger partial charge is 0.478 e. The number of carbonyl (C=O) groups is 1. The summed E-state index contributed by atoms with van der Waals surface area (Å²) in [5, 5.41) is 11.4. The molecule has 1 aromatic heterocycles. The van der Waals surface area contributed by atoms with E-state index in [1.54, 1.807) is 0 Å². The van der Waals surface area contributed by atoms with Crippen LogP contribution in [-0.4, -0.2) is 11.1 Å². The Hall–Kier alpha value is -1.89. The van der Waals surface area contributed by atoms with E-state index < -0.39 is 17.6 Å². The molecule has 1 heterocycles. The van der Waals surface area contributed by atoms with Gasteiger partial charge in [-0.2, -0.15) is 0 Å². The highest BCUT2D eigenvalue weighted by Crippen LogP contribution is 2.24. The Balaban J connectivity index is 2.17. The highest BCUT2D eigenvalue weighted by Gasteiger charge is 2.14. The van der Waals surface area contributed by atoms with Crippen molar-refractivity contribution in [2.75, 3.05) is 5.32 Å². The fraction of sp³-hybridized carbons (Fsp3) is 0.0833. The van der Waals surface area contributed by atoms with Gasteiger partial charge >= 0.3 is 5.97 Å². The molecule has 0 fully saturated rings. The number of carboxylic acid groups (broad SMARTS) is 1. The molecule has 0 saturated heterocycles. The lowest BCUT2D eigenvalue weighted by molar-refractivity contribution is 0.0694. The summed E-state index contributed by atoms with van der Waals surface area (Å²) >= 11 is 2.86. The van der Waals surface area contributed by atoms with Gasteiger partial charge in [0.25, 0.3) is 0 Å². The van der Waals surface area contributed by atoms with Gasteiger partial charge in [-0.15, -0.1) is 0 Å². The molecule has 0 saturated carbocycles. The van der Waals surface area contributed by atoms with Crippen molar-refractivity contribution in [3.63, 3.8) is 0 Å². The number of furan rings is 1. The molecule has 0 atom stereocenters. The minimum Gasteiger partial charge on any atom is -0.478 e. The van der Waals surface area contributed by atoms with E-state index in [1.807, 2.05) is 0 Å². The predicted molar refractivity (Wildman–Crippen MR) is 67.1 cm³/mol. The van der Waals surface area contributed by atoms with Crippen molar-refractivity contribution in [1.29, 1.82) is 0 Å². The molecule has 0 aliphatic heterocycles. The summed E-state index contributed by atoms with van der Waals surface area (Å²) < 4.78 is 31.8. The van der Waals surface area contributed by atoms with Crippen molar-refractivity contribution in [1.82, 2.24) is 0 Å². The third kappa shape index (κ3) is 2.93. The highest BCUT2D eigenvalue weighted by molar-refractivity contribution is 9.10. The van der Waals surface area contributed by atoms with Crippen molar-refractivity contribution >= 4 is 27.6 Å². The zero-order valence-corrected chi connectivity index (χ0v) is 11.0. The lowest BCUT2D eigenvalue weighted by Gasteiger charge is -2.07. The molecular weight excluding hydrogens is 324 g/mol. The number of aromatic carboxylic acids is 1. The van der Waals surface area contributed by atoms with Gasteiger partial charge in [-0.3, -0.25) is 0 Å². The minimum atomic E-state index is -1.15. The predicted octanol–water partition coefficient (Wildman–Crippen LogP) is 3.63. The number of rotatable bonds is 4. The fourth-order valence-electron chi connectivity index (χ4n) is 1.50. The number of benzene rings is 1.